The van der Waals surface area contributed by atoms with Crippen LogP contribution in [0, 0.1) is 0 Å². The van der Waals surface area contributed by atoms with E-state index in [0.29, 0.717) is 38.4 Å². The molecule has 1 amide bonds. The quantitative estimate of drug-likeness (QED) is 0.481. The Morgan fingerprint density at radius 1 is 1.10 bits per heavy atom. The van der Waals surface area contributed by atoms with Gasteiger partial charge in [0.15, 0.2) is 11.5 Å². The smallest absolute Gasteiger partial charge is 0.241 e. The van der Waals surface area contributed by atoms with Gasteiger partial charge >= 0.3 is 0 Å². The number of rotatable bonds is 4. The van der Waals surface area contributed by atoms with E-state index >= 15 is 0 Å². The molecular formula is C27H39N9O2S. The van der Waals surface area contributed by atoms with Crippen molar-refractivity contribution in [2.75, 3.05) is 41.7 Å². The second kappa shape index (κ2) is 10.1. The van der Waals surface area contributed by atoms with Gasteiger partial charge in [0.05, 0.1) is 12.4 Å². The van der Waals surface area contributed by atoms with Gasteiger partial charge in [0, 0.05) is 66.2 Å². The molecule has 6 heterocycles. The summed E-state index contributed by atoms with van der Waals surface area (Å²) in [5, 5.41) is 8.47. The van der Waals surface area contributed by atoms with Gasteiger partial charge in [0.25, 0.3) is 0 Å². The van der Waals surface area contributed by atoms with Crippen LogP contribution in [0.4, 0.5) is 17.5 Å². The third kappa shape index (κ3) is 4.36. The molecule has 0 aliphatic carbocycles. The first-order valence-corrected chi connectivity index (χ1v) is 15.2. The van der Waals surface area contributed by atoms with Crippen LogP contribution in [0.15, 0.2) is 18.7 Å². The highest BCUT2D eigenvalue weighted by atomic mass is 32.2. The minimum atomic E-state index is -1.07. The molecule has 3 aliphatic rings. The molecule has 3 aromatic heterocycles. The van der Waals surface area contributed by atoms with Crippen molar-refractivity contribution in [1.29, 1.82) is 0 Å². The van der Waals surface area contributed by atoms with Crippen molar-refractivity contribution in [3.05, 3.63) is 30.1 Å². The van der Waals surface area contributed by atoms with Crippen LogP contribution in [0.1, 0.15) is 66.3 Å². The Kier molecular flexibility index (Phi) is 7.11. The van der Waals surface area contributed by atoms with Crippen molar-refractivity contribution >= 4 is 39.8 Å². The first-order chi connectivity index (χ1) is 18.6. The Hall–Kier alpha value is -3.15. The zero-order valence-corrected chi connectivity index (χ0v) is 24.8. The number of aryl methyl sites for hydroxylation is 1. The predicted molar refractivity (Wildman–Crippen MR) is 153 cm³/mol. The van der Waals surface area contributed by atoms with Crippen LogP contribution in [0.5, 0.6) is 0 Å². The van der Waals surface area contributed by atoms with E-state index in [4.69, 9.17) is 9.97 Å². The highest BCUT2D eigenvalue weighted by Crippen LogP contribution is 2.46. The molecule has 0 aromatic carbocycles. The highest BCUT2D eigenvalue weighted by Gasteiger charge is 2.50. The van der Waals surface area contributed by atoms with Gasteiger partial charge in [-0.2, -0.15) is 0 Å². The van der Waals surface area contributed by atoms with E-state index in [2.05, 4.69) is 52.7 Å². The SMILES string of the molecule is CC.CCc1nnc2cnc(N3CC(C)(C)c4c(N5CCN(C(=O)C6(C)CCS6=O)C(C)C5)ncnc43)cn12. The standard InChI is InChI=1S/C25H33N9O2S.C2H6/c1-6-17-29-30-18-11-26-19(13-33(17)18)34-14-24(3,4)20-21(27-15-28-22(20)34)31-8-9-32(16(2)12-31)23(35)25(5)7-10-37(25)36;1-2/h11,13,15-16H,6-10,12,14H2,1-5H3;1-2H3. The summed E-state index contributed by atoms with van der Waals surface area (Å²) in [5.74, 6) is 4.09. The van der Waals surface area contributed by atoms with E-state index in [9.17, 15) is 9.00 Å². The van der Waals surface area contributed by atoms with Gasteiger partial charge in [-0.25, -0.2) is 15.0 Å². The zero-order chi connectivity index (χ0) is 28.1. The van der Waals surface area contributed by atoms with Gasteiger partial charge in [-0.3, -0.25) is 13.4 Å². The molecule has 3 atom stereocenters. The Balaban J connectivity index is 0.00000151. The first kappa shape index (κ1) is 27.4. The molecule has 39 heavy (non-hydrogen) atoms. The van der Waals surface area contributed by atoms with Crippen LogP contribution >= 0.6 is 0 Å². The van der Waals surface area contributed by atoms with Crippen LogP contribution in [0.3, 0.4) is 0 Å². The second-order valence-electron chi connectivity index (χ2n) is 11.1. The lowest BCUT2D eigenvalue weighted by atomic mass is 9.87. The molecule has 2 fully saturated rings. The molecule has 3 aliphatic heterocycles. The summed E-state index contributed by atoms with van der Waals surface area (Å²) in [7, 11) is -1.07. The number of amides is 1. The molecule has 0 bridgehead atoms. The van der Waals surface area contributed by atoms with Gasteiger partial charge in [0.2, 0.25) is 5.91 Å². The van der Waals surface area contributed by atoms with E-state index < -0.39 is 15.5 Å². The summed E-state index contributed by atoms with van der Waals surface area (Å²) in [6, 6.07) is -0.00723. The molecule has 0 saturated carbocycles. The lowest BCUT2D eigenvalue weighted by Gasteiger charge is -2.46. The number of aromatic nitrogens is 6. The monoisotopic (exact) mass is 553 g/mol. The molecule has 0 radical (unpaired) electrons. The lowest BCUT2D eigenvalue weighted by Crippen LogP contribution is -2.63. The van der Waals surface area contributed by atoms with E-state index in [1.165, 1.54) is 0 Å². The second-order valence-corrected chi connectivity index (χ2v) is 13.1. The molecular weight excluding hydrogens is 514 g/mol. The number of carbonyl (C=O) groups excluding carboxylic acids is 1. The van der Waals surface area contributed by atoms with Gasteiger partial charge in [-0.05, 0) is 20.3 Å². The third-order valence-corrected chi connectivity index (χ3v) is 10.1. The van der Waals surface area contributed by atoms with E-state index in [0.717, 1.165) is 40.9 Å². The van der Waals surface area contributed by atoms with Crippen molar-refractivity contribution in [3.63, 3.8) is 0 Å². The largest absolute Gasteiger partial charge is 0.352 e. The molecule has 3 aromatic rings. The van der Waals surface area contributed by atoms with Gasteiger partial charge in [-0.15, -0.1) is 10.2 Å². The fraction of sp³-hybridized carbons (Fsp3) is 0.630. The predicted octanol–water partition coefficient (Wildman–Crippen LogP) is 2.88. The molecule has 2 saturated heterocycles. The number of nitrogens with zero attached hydrogens (tertiary/aromatic N) is 9. The molecule has 12 heteroatoms. The average Bonchev–Trinajstić information content (AvgIpc) is 3.49. The van der Waals surface area contributed by atoms with Crippen molar-refractivity contribution in [2.45, 2.75) is 77.5 Å². The van der Waals surface area contributed by atoms with E-state index in [-0.39, 0.29) is 17.4 Å². The summed E-state index contributed by atoms with van der Waals surface area (Å²) in [5.41, 5.74) is 1.61. The number of carbonyl (C=O) groups is 1. The summed E-state index contributed by atoms with van der Waals surface area (Å²) in [6.07, 6.45) is 6.84. The van der Waals surface area contributed by atoms with Gasteiger partial charge in [-0.1, -0.05) is 34.6 Å². The number of hydrogen-bond donors (Lipinski definition) is 0. The van der Waals surface area contributed by atoms with Crippen LogP contribution in [0.25, 0.3) is 5.65 Å². The van der Waals surface area contributed by atoms with Crippen LogP contribution in [-0.2, 0) is 27.4 Å². The summed E-state index contributed by atoms with van der Waals surface area (Å²) in [6.45, 7) is 17.0. The lowest BCUT2D eigenvalue weighted by molar-refractivity contribution is -0.136. The number of piperazine rings is 1. The van der Waals surface area contributed by atoms with Crippen LogP contribution < -0.4 is 9.80 Å². The minimum absolute atomic E-state index is 0.00723. The number of fused-ring (bicyclic) bond motifs is 2. The summed E-state index contributed by atoms with van der Waals surface area (Å²) >= 11 is 0. The molecule has 6 rings (SSSR count). The number of hydrogen-bond acceptors (Lipinski definition) is 9. The average molecular weight is 554 g/mol. The normalized spacial score (nSPS) is 25.7. The van der Waals surface area contributed by atoms with Gasteiger partial charge in [0.1, 0.15) is 28.5 Å². The Morgan fingerprint density at radius 2 is 1.85 bits per heavy atom. The van der Waals surface area contributed by atoms with E-state index in [1.54, 1.807) is 12.5 Å². The maximum atomic E-state index is 13.2. The minimum Gasteiger partial charge on any atom is -0.352 e. The van der Waals surface area contributed by atoms with Crippen molar-refractivity contribution in [3.8, 4) is 0 Å². The highest BCUT2D eigenvalue weighted by molar-refractivity contribution is 7.88. The van der Waals surface area contributed by atoms with E-state index in [1.807, 2.05) is 36.3 Å². The fourth-order valence-corrected chi connectivity index (χ4v) is 7.12. The fourth-order valence-electron chi connectivity index (χ4n) is 5.83. The van der Waals surface area contributed by atoms with Crippen molar-refractivity contribution in [2.24, 2.45) is 0 Å². The van der Waals surface area contributed by atoms with Crippen LogP contribution in [0.2, 0.25) is 0 Å². The third-order valence-electron chi connectivity index (χ3n) is 8.14. The Labute approximate surface area is 232 Å². The maximum Gasteiger partial charge on any atom is 0.241 e. The van der Waals surface area contributed by atoms with Gasteiger partial charge < -0.3 is 14.7 Å². The first-order valence-electron chi connectivity index (χ1n) is 13.9. The summed E-state index contributed by atoms with van der Waals surface area (Å²) < 4.78 is 13.5. The van der Waals surface area contributed by atoms with Crippen molar-refractivity contribution < 1.29 is 9.00 Å². The molecule has 11 nitrogen and oxygen atoms in total. The zero-order valence-electron chi connectivity index (χ0n) is 24.0. The molecule has 0 spiro atoms. The van der Waals surface area contributed by atoms with Crippen LogP contribution in [-0.4, -0.2) is 87.3 Å². The number of anilines is 3. The van der Waals surface area contributed by atoms with Crippen molar-refractivity contribution in [1.82, 2.24) is 34.4 Å². The maximum absolute atomic E-state index is 13.2. The molecule has 210 valence electrons. The topological polar surface area (TPSA) is 113 Å². The Morgan fingerprint density at radius 3 is 2.49 bits per heavy atom. The molecule has 3 unspecified atom stereocenters. The Bertz CT molecular complexity index is 1420. The summed E-state index contributed by atoms with van der Waals surface area (Å²) in [4.78, 5) is 33.7. The molecule has 0 N–H and O–H groups in total.